The van der Waals surface area contributed by atoms with Crippen molar-refractivity contribution in [2.45, 2.75) is 25.7 Å². The number of hydrogen-bond acceptors (Lipinski definition) is 6. The van der Waals surface area contributed by atoms with Gasteiger partial charge in [-0.15, -0.1) is 22.7 Å². The molecule has 0 atom stereocenters. The Morgan fingerprint density at radius 3 is 1.87 bits per heavy atom. The molecular formula is C24H20N4S2. The molecule has 0 aliphatic carbocycles. The highest BCUT2D eigenvalue weighted by Crippen LogP contribution is 2.32. The third kappa shape index (κ3) is 5.39. The van der Waals surface area contributed by atoms with Gasteiger partial charge in [0.05, 0.1) is 24.0 Å². The van der Waals surface area contributed by atoms with Gasteiger partial charge in [0.1, 0.15) is 10.0 Å². The molecule has 0 fully saturated rings. The second kappa shape index (κ2) is 9.93. The highest BCUT2D eigenvalue weighted by molar-refractivity contribution is 7.15. The van der Waals surface area contributed by atoms with Crippen LogP contribution >= 0.6 is 22.7 Å². The van der Waals surface area contributed by atoms with Crippen molar-refractivity contribution >= 4 is 22.7 Å². The standard InChI is InChI=1S/C13H12N2S.C11H8N2S/c1-13(2,9-14)11-8-15-12(16-11)10-6-4-3-5-7-10;12-7-6-10-8-13-11(14-10)9-4-2-1-3-5-9/h3-8H,1-2H3;1-5,8H,6H2. The molecule has 0 bridgehead atoms. The number of rotatable bonds is 4. The normalized spacial score (nSPS) is 10.4. The summed E-state index contributed by atoms with van der Waals surface area (Å²) in [7, 11) is 0. The van der Waals surface area contributed by atoms with Gasteiger partial charge in [0, 0.05) is 33.3 Å². The van der Waals surface area contributed by atoms with Gasteiger partial charge >= 0.3 is 0 Å². The first-order valence-corrected chi connectivity index (χ1v) is 11.0. The zero-order valence-corrected chi connectivity index (χ0v) is 18.4. The minimum absolute atomic E-state index is 0.449. The van der Waals surface area contributed by atoms with E-state index in [-0.39, 0.29) is 0 Å². The molecule has 0 spiro atoms. The highest BCUT2D eigenvalue weighted by atomic mass is 32.1. The van der Waals surface area contributed by atoms with E-state index in [0.717, 1.165) is 30.9 Å². The van der Waals surface area contributed by atoms with E-state index in [1.54, 1.807) is 35.1 Å². The van der Waals surface area contributed by atoms with E-state index in [1.807, 2.05) is 74.5 Å². The molecule has 0 aliphatic rings. The second-order valence-corrected chi connectivity index (χ2v) is 9.11. The highest BCUT2D eigenvalue weighted by Gasteiger charge is 2.22. The van der Waals surface area contributed by atoms with Gasteiger partial charge < -0.3 is 0 Å². The molecule has 148 valence electrons. The summed E-state index contributed by atoms with van der Waals surface area (Å²) < 4.78 is 0. The minimum atomic E-state index is -0.454. The third-order valence-corrected chi connectivity index (χ3v) is 6.67. The zero-order valence-electron chi connectivity index (χ0n) is 16.7. The number of benzene rings is 2. The molecule has 0 N–H and O–H groups in total. The van der Waals surface area contributed by atoms with Gasteiger partial charge in [-0.2, -0.15) is 10.5 Å². The number of nitrogens with zero attached hydrogens (tertiary/aromatic N) is 4. The van der Waals surface area contributed by atoms with Gasteiger partial charge in [0.25, 0.3) is 0 Å². The number of nitriles is 2. The quantitative estimate of drug-likeness (QED) is 0.372. The Kier molecular flexibility index (Phi) is 7.08. The van der Waals surface area contributed by atoms with Crippen molar-refractivity contribution in [1.82, 2.24) is 9.97 Å². The van der Waals surface area contributed by atoms with Gasteiger partial charge in [-0.3, -0.25) is 0 Å². The van der Waals surface area contributed by atoms with Crippen LogP contribution < -0.4 is 0 Å². The molecule has 0 radical (unpaired) electrons. The lowest BCUT2D eigenvalue weighted by molar-refractivity contribution is 0.701. The lowest BCUT2D eigenvalue weighted by Gasteiger charge is -2.10. The fourth-order valence-corrected chi connectivity index (χ4v) is 4.34. The maximum Gasteiger partial charge on any atom is 0.123 e. The molecule has 30 heavy (non-hydrogen) atoms. The van der Waals surface area contributed by atoms with E-state index in [9.17, 15) is 0 Å². The summed E-state index contributed by atoms with van der Waals surface area (Å²) in [6.07, 6.45) is 4.02. The van der Waals surface area contributed by atoms with Crippen LogP contribution in [-0.2, 0) is 11.8 Å². The number of aromatic nitrogens is 2. The maximum absolute atomic E-state index is 9.06. The Labute approximate surface area is 184 Å². The molecular weight excluding hydrogens is 408 g/mol. The van der Waals surface area contributed by atoms with Crippen molar-refractivity contribution in [3.63, 3.8) is 0 Å². The largest absolute Gasteiger partial charge is 0.244 e. The average molecular weight is 429 g/mol. The summed E-state index contributed by atoms with van der Waals surface area (Å²) in [5.74, 6) is 0. The van der Waals surface area contributed by atoms with Crippen molar-refractivity contribution in [2.75, 3.05) is 0 Å². The fourth-order valence-electron chi connectivity index (χ4n) is 2.51. The smallest absolute Gasteiger partial charge is 0.123 e. The molecule has 0 saturated heterocycles. The average Bonchev–Trinajstić information content (AvgIpc) is 3.46. The predicted octanol–water partition coefficient (Wildman–Crippen LogP) is 6.49. The van der Waals surface area contributed by atoms with Crippen molar-refractivity contribution in [3.05, 3.63) is 82.8 Å². The Hall–Kier alpha value is -3.32. The third-order valence-electron chi connectivity index (χ3n) is 4.25. The van der Waals surface area contributed by atoms with Crippen LogP contribution in [0.2, 0.25) is 0 Å². The predicted molar refractivity (Wildman–Crippen MR) is 123 cm³/mol. The van der Waals surface area contributed by atoms with Crippen LogP contribution in [0.5, 0.6) is 0 Å². The Morgan fingerprint density at radius 2 is 1.33 bits per heavy atom. The van der Waals surface area contributed by atoms with Crippen LogP contribution in [0.3, 0.4) is 0 Å². The summed E-state index contributed by atoms with van der Waals surface area (Å²) in [6.45, 7) is 3.82. The second-order valence-electron chi connectivity index (χ2n) is 6.97. The van der Waals surface area contributed by atoms with Crippen molar-refractivity contribution < 1.29 is 0 Å². The van der Waals surface area contributed by atoms with Crippen LogP contribution in [0, 0.1) is 22.7 Å². The van der Waals surface area contributed by atoms with Crippen LogP contribution in [-0.4, -0.2) is 9.97 Å². The van der Waals surface area contributed by atoms with Crippen LogP contribution in [0.4, 0.5) is 0 Å². The molecule has 0 amide bonds. The summed E-state index contributed by atoms with van der Waals surface area (Å²) in [5.41, 5.74) is 1.76. The van der Waals surface area contributed by atoms with E-state index in [2.05, 4.69) is 22.1 Å². The van der Waals surface area contributed by atoms with Gasteiger partial charge in [-0.25, -0.2) is 9.97 Å². The lowest BCUT2D eigenvalue weighted by Crippen LogP contribution is -2.11. The van der Waals surface area contributed by atoms with Crippen molar-refractivity contribution in [3.8, 4) is 33.3 Å². The molecule has 6 heteroatoms. The number of hydrogen-bond donors (Lipinski definition) is 0. The van der Waals surface area contributed by atoms with Gasteiger partial charge in [-0.1, -0.05) is 60.7 Å². The van der Waals surface area contributed by atoms with Crippen LogP contribution in [0.25, 0.3) is 21.1 Å². The van der Waals surface area contributed by atoms with Gasteiger partial charge in [0.2, 0.25) is 0 Å². The molecule has 4 nitrogen and oxygen atoms in total. The van der Waals surface area contributed by atoms with Gasteiger partial charge in [0.15, 0.2) is 0 Å². The Bertz CT molecular complexity index is 1160. The lowest BCUT2D eigenvalue weighted by atomic mass is 9.95. The molecule has 2 heterocycles. The first-order chi connectivity index (χ1) is 14.5. The molecule has 2 aromatic carbocycles. The minimum Gasteiger partial charge on any atom is -0.244 e. The van der Waals surface area contributed by atoms with E-state index >= 15 is 0 Å². The molecule has 0 saturated carbocycles. The molecule has 4 rings (SSSR count). The zero-order chi connectivity index (χ0) is 21.4. The first kappa shape index (κ1) is 21.4. The summed E-state index contributed by atoms with van der Waals surface area (Å²) in [4.78, 5) is 10.7. The van der Waals surface area contributed by atoms with Gasteiger partial charge in [-0.05, 0) is 13.8 Å². The molecule has 4 aromatic rings. The molecule has 2 aromatic heterocycles. The van der Waals surface area contributed by atoms with E-state index in [1.165, 1.54) is 0 Å². The topological polar surface area (TPSA) is 73.4 Å². The SMILES string of the molecule is CC(C)(C#N)c1cnc(-c2ccccc2)s1.N#CCc1cnc(-c2ccccc2)s1. The summed E-state index contributed by atoms with van der Waals surface area (Å²) in [6, 6.07) is 24.4. The summed E-state index contributed by atoms with van der Waals surface area (Å²) >= 11 is 3.16. The first-order valence-electron chi connectivity index (χ1n) is 9.33. The molecule has 0 unspecified atom stereocenters. The van der Waals surface area contributed by atoms with Crippen LogP contribution in [0.1, 0.15) is 23.6 Å². The van der Waals surface area contributed by atoms with Crippen molar-refractivity contribution in [2.24, 2.45) is 0 Å². The fraction of sp³-hybridized carbons (Fsp3) is 0.167. The van der Waals surface area contributed by atoms with Crippen molar-refractivity contribution in [1.29, 1.82) is 10.5 Å². The maximum atomic E-state index is 9.06. The summed E-state index contributed by atoms with van der Waals surface area (Å²) in [5, 5.41) is 19.5. The van der Waals surface area contributed by atoms with E-state index < -0.39 is 5.41 Å². The van der Waals surface area contributed by atoms with E-state index in [0.29, 0.717) is 6.42 Å². The monoisotopic (exact) mass is 428 g/mol. The van der Waals surface area contributed by atoms with Crippen LogP contribution in [0.15, 0.2) is 73.1 Å². The number of thiazole rings is 2. The Balaban J connectivity index is 0.000000172. The van der Waals surface area contributed by atoms with E-state index in [4.69, 9.17) is 10.5 Å². The molecule has 0 aliphatic heterocycles. The Morgan fingerprint density at radius 1 is 0.800 bits per heavy atom.